The first-order valence-corrected chi connectivity index (χ1v) is 15.1. The Bertz CT molecular complexity index is 1670. The maximum atomic E-state index is 13.1. The Morgan fingerprint density at radius 1 is 0.881 bits per heavy atom. The Kier molecular flexibility index (Phi) is 7.28. The van der Waals surface area contributed by atoms with E-state index in [0.29, 0.717) is 28.4 Å². The van der Waals surface area contributed by atoms with Crippen LogP contribution in [-0.4, -0.2) is 94.8 Å². The largest absolute Gasteiger partial charge is 0.378 e. The van der Waals surface area contributed by atoms with Crippen LogP contribution in [0.15, 0.2) is 71.7 Å². The number of amides is 1. The van der Waals surface area contributed by atoms with Gasteiger partial charge < -0.3 is 24.8 Å². The van der Waals surface area contributed by atoms with Gasteiger partial charge in [0, 0.05) is 67.2 Å². The number of hydrogen-bond acceptors (Lipinski definition) is 9. The summed E-state index contributed by atoms with van der Waals surface area (Å²) in [6.45, 7) is 6.55. The lowest BCUT2D eigenvalue weighted by Crippen LogP contribution is -2.47. The molecule has 11 heteroatoms. The second-order valence-electron chi connectivity index (χ2n) is 10.6. The van der Waals surface area contributed by atoms with Gasteiger partial charge >= 0.3 is 0 Å². The molecule has 2 aromatic carbocycles. The van der Waals surface area contributed by atoms with Gasteiger partial charge in [0.05, 0.1) is 18.9 Å². The highest BCUT2D eigenvalue weighted by atomic mass is 32.1. The molecule has 2 aliphatic heterocycles. The summed E-state index contributed by atoms with van der Waals surface area (Å²) in [7, 11) is 2.08. The Balaban J connectivity index is 1.20. The van der Waals surface area contributed by atoms with Gasteiger partial charge in [0.15, 0.2) is 22.8 Å². The smallest absolute Gasteiger partial charge is 0.253 e. The Morgan fingerprint density at radius 3 is 2.36 bits per heavy atom. The topological polar surface area (TPSA) is 91.6 Å². The van der Waals surface area contributed by atoms with E-state index >= 15 is 0 Å². The number of aromatic nitrogens is 4. The second-order valence-corrected chi connectivity index (χ2v) is 11.4. The molecule has 0 atom stereocenters. The molecule has 7 rings (SSSR count). The van der Waals surface area contributed by atoms with Crippen LogP contribution in [0.4, 0.5) is 17.2 Å². The second kappa shape index (κ2) is 11.5. The van der Waals surface area contributed by atoms with Crippen molar-refractivity contribution in [3.8, 4) is 17.1 Å². The van der Waals surface area contributed by atoms with Crippen LogP contribution in [0.1, 0.15) is 10.4 Å². The highest BCUT2D eigenvalue weighted by Crippen LogP contribution is 2.30. The van der Waals surface area contributed by atoms with E-state index in [4.69, 9.17) is 19.7 Å². The van der Waals surface area contributed by atoms with E-state index in [0.717, 1.165) is 69.4 Å². The number of hydrogen-bond donors (Lipinski definition) is 1. The van der Waals surface area contributed by atoms with Crippen LogP contribution >= 0.6 is 11.3 Å². The summed E-state index contributed by atoms with van der Waals surface area (Å²) in [4.78, 5) is 34.2. The van der Waals surface area contributed by atoms with Crippen LogP contribution in [-0.2, 0) is 4.74 Å². The number of ether oxygens (including phenoxy) is 1. The predicted octanol–water partition coefficient (Wildman–Crippen LogP) is 4.51. The third kappa shape index (κ3) is 5.34. The van der Waals surface area contributed by atoms with Gasteiger partial charge in [-0.1, -0.05) is 12.1 Å². The Labute approximate surface area is 248 Å². The van der Waals surface area contributed by atoms with Crippen molar-refractivity contribution in [1.29, 1.82) is 0 Å². The van der Waals surface area contributed by atoms with E-state index in [9.17, 15) is 4.79 Å². The first-order chi connectivity index (χ1) is 20.6. The van der Waals surface area contributed by atoms with Crippen LogP contribution in [0.5, 0.6) is 0 Å². The van der Waals surface area contributed by atoms with E-state index in [2.05, 4.69) is 51.8 Å². The van der Waals surface area contributed by atoms with E-state index in [1.807, 2.05) is 45.2 Å². The quantitative estimate of drug-likeness (QED) is 0.314. The molecular formula is C31H32N8O2S. The third-order valence-electron chi connectivity index (χ3n) is 7.87. The number of nitrogens with one attached hydrogen (secondary N) is 1. The van der Waals surface area contributed by atoms with E-state index in [-0.39, 0.29) is 5.91 Å². The van der Waals surface area contributed by atoms with Crippen molar-refractivity contribution in [3.05, 3.63) is 77.2 Å². The maximum Gasteiger partial charge on any atom is 0.253 e. The first-order valence-electron chi connectivity index (χ1n) is 14.2. The number of anilines is 3. The summed E-state index contributed by atoms with van der Waals surface area (Å²) in [5.74, 6) is 1.25. The zero-order valence-electron chi connectivity index (χ0n) is 23.4. The number of piperazine rings is 1. The number of nitrogens with zero attached hydrogens (tertiary/aromatic N) is 7. The summed E-state index contributed by atoms with van der Waals surface area (Å²) in [5, 5.41) is 7.59. The maximum absolute atomic E-state index is 13.1. The van der Waals surface area contributed by atoms with Gasteiger partial charge in [-0.2, -0.15) is 11.3 Å². The predicted molar refractivity (Wildman–Crippen MR) is 166 cm³/mol. The summed E-state index contributed by atoms with van der Waals surface area (Å²) >= 11 is 1.62. The number of morpholine rings is 1. The monoisotopic (exact) mass is 580 g/mol. The summed E-state index contributed by atoms with van der Waals surface area (Å²) < 4.78 is 7.47. The van der Waals surface area contributed by atoms with E-state index < -0.39 is 0 Å². The van der Waals surface area contributed by atoms with E-state index in [1.54, 1.807) is 17.7 Å². The molecule has 0 saturated carbocycles. The fraction of sp³-hybridized carbons (Fsp3) is 0.290. The molecule has 0 spiro atoms. The lowest BCUT2D eigenvalue weighted by atomic mass is 10.1. The molecule has 1 amide bonds. The van der Waals surface area contributed by atoms with Crippen LogP contribution in [0.2, 0.25) is 0 Å². The number of thiophene rings is 1. The fourth-order valence-corrected chi connectivity index (χ4v) is 6.00. The highest BCUT2D eigenvalue weighted by molar-refractivity contribution is 7.08. The van der Waals surface area contributed by atoms with Crippen molar-refractivity contribution in [2.24, 2.45) is 0 Å². The molecule has 0 bridgehead atoms. The van der Waals surface area contributed by atoms with Crippen LogP contribution in [0.25, 0.3) is 28.2 Å². The summed E-state index contributed by atoms with van der Waals surface area (Å²) in [6.07, 6.45) is 1.79. The fourth-order valence-electron chi connectivity index (χ4n) is 5.37. The van der Waals surface area contributed by atoms with Crippen molar-refractivity contribution < 1.29 is 9.53 Å². The van der Waals surface area contributed by atoms with Crippen LogP contribution < -0.4 is 10.2 Å². The van der Waals surface area contributed by atoms with Gasteiger partial charge in [0.1, 0.15) is 6.33 Å². The number of benzene rings is 2. The molecule has 2 saturated heterocycles. The minimum atomic E-state index is 0.0597. The first kappa shape index (κ1) is 26.6. The van der Waals surface area contributed by atoms with Gasteiger partial charge in [-0.05, 0) is 54.9 Å². The Hall–Kier alpha value is -4.32. The highest BCUT2D eigenvalue weighted by Gasteiger charge is 2.21. The van der Waals surface area contributed by atoms with Gasteiger partial charge in [-0.3, -0.25) is 9.36 Å². The lowest BCUT2D eigenvalue weighted by Gasteiger charge is -2.32. The molecule has 5 heterocycles. The van der Waals surface area contributed by atoms with Crippen molar-refractivity contribution in [2.45, 2.75) is 0 Å². The molecule has 10 nitrogen and oxygen atoms in total. The van der Waals surface area contributed by atoms with Gasteiger partial charge in [-0.15, -0.1) is 0 Å². The zero-order chi connectivity index (χ0) is 28.5. The molecule has 214 valence electrons. The Morgan fingerprint density at radius 2 is 1.64 bits per heavy atom. The van der Waals surface area contributed by atoms with E-state index in [1.165, 1.54) is 5.69 Å². The standard InChI is InChI=1S/C31H32N8O2S/c1-36-11-13-38(14-12-36)31(40)23-4-2-22(3-5-23)28-34-29(27-30(35-28)39(21-32-27)26-10-19-42-20-26)33-24-6-8-25(9-7-24)37-15-17-41-18-16-37/h2-10,19-21H,11-18H2,1H3,(H,33,34,35). The number of likely N-dealkylation sites (N-methyl/N-ethyl adjacent to an activating group) is 1. The molecule has 1 N–H and O–H groups in total. The number of carbonyl (C=O) groups excluding carboxylic acids is 1. The molecule has 0 radical (unpaired) electrons. The van der Waals surface area contributed by atoms with Crippen LogP contribution in [0, 0.1) is 0 Å². The number of fused-ring (bicyclic) bond motifs is 1. The molecule has 3 aromatic heterocycles. The number of rotatable bonds is 6. The average molecular weight is 581 g/mol. The molecule has 2 aliphatic rings. The van der Waals surface area contributed by atoms with Crippen LogP contribution in [0.3, 0.4) is 0 Å². The normalized spacial score (nSPS) is 16.2. The molecule has 5 aromatic rings. The van der Waals surface area contributed by atoms with Gasteiger partial charge in [0.25, 0.3) is 5.91 Å². The molecule has 0 aliphatic carbocycles. The molecule has 2 fully saturated rings. The number of carbonyl (C=O) groups is 1. The average Bonchev–Trinajstić information content (AvgIpc) is 3.73. The third-order valence-corrected chi connectivity index (χ3v) is 8.54. The summed E-state index contributed by atoms with van der Waals surface area (Å²) in [5.41, 5.74) is 5.98. The van der Waals surface area contributed by atoms with Crippen molar-refractivity contribution in [2.75, 3.05) is 69.7 Å². The zero-order valence-corrected chi connectivity index (χ0v) is 24.3. The van der Waals surface area contributed by atoms with Crippen molar-refractivity contribution in [1.82, 2.24) is 29.3 Å². The van der Waals surface area contributed by atoms with Gasteiger partial charge in [0.2, 0.25) is 0 Å². The molecule has 42 heavy (non-hydrogen) atoms. The van der Waals surface area contributed by atoms with Gasteiger partial charge in [-0.25, -0.2) is 15.0 Å². The number of imidazole rings is 1. The minimum Gasteiger partial charge on any atom is -0.378 e. The SMILES string of the molecule is CN1CCN(C(=O)c2ccc(-c3nc(Nc4ccc(N5CCOCC5)cc4)c4ncn(-c5ccsc5)c4n3)cc2)CC1. The molecular weight excluding hydrogens is 548 g/mol. The minimum absolute atomic E-state index is 0.0597. The molecule has 0 unspecified atom stereocenters. The summed E-state index contributed by atoms with van der Waals surface area (Å²) in [6, 6.07) is 18.0. The van der Waals surface area contributed by atoms with Crippen molar-refractivity contribution >= 4 is 45.6 Å². The lowest BCUT2D eigenvalue weighted by molar-refractivity contribution is 0.0664. The van der Waals surface area contributed by atoms with Crippen molar-refractivity contribution in [3.63, 3.8) is 0 Å².